The Morgan fingerprint density at radius 1 is 1.46 bits per heavy atom. The lowest BCUT2D eigenvalue weighted by atomic mass is 10.1. The minimum atomic E-state index is -0.388. The zero-order valence-corrected chi connectivity index (χ0v) is 8.70. The van der Waals surface area contributed by atoms with Gasteiger partial charge >= 0.3 is 0 Å². The molecule has 1 aromatic rings. The number of aliphatic hydroxyl groups is 1. The summed E-state index contributed by atoms with van der Waals surface area (Å²) in [5, 5.41) is 9.73. The second kappa shape index (κ2) is 3.78. The molecule has 1 heterocycles. The van der Waals surface area contributed by atoms with E-state index in [0.29, 0.717) is 6.42 Å². The molecule has 3 heteroatoms. The van der Waals surface area contributed by atoms with Gasteiger partial charge in [-0.1, -0.05) is 28.1 Å². The standard InChI is InChI=1S/C10H11BrO2/c11-8-3-1-7(2-4-8)10(12)5-9-6-13-9/h1-4,9-10,12H,5-6H2. The molecule has 2 nitrogen and oxygen atoms in total. The van der Waals surface area contributed by atoms with Crippen molar-refractivity contribution in [3.63, 3.8) is 0 Å². The first-order chi connectivity index (χ1) is 6.25. The Hall–Kier alpha value is -0.380. The van der Waals surface area contributed by atoms with Gasteiger partial charge in [0.05, 0.1) is 18.8 Å². The zero-order chi connectivity index (χ0) is 9.26. The molecular formula is C10H11BrO2. The van der Waals surface area contributed by atoms with Gasteiger partial charge < -0.3 is 9.84 Å². The highest BCUT2D eigenvalue weighted by molar-refractivity contribution is 9.10. The monoisotopic (exact) mass is 242 g/mol. The van der Waals surface area contributed by atoms with Crippen molar-refractivity contribution in [3.05, 3.63) is 34.3 Å². The molecule has 2 unspecified atom stereocenters. The molecule has 0 spiro atoms. The average molecular weight is 243 g/mol. The Morgan fingerprint density at radius 3 is 2.62 bits per heavy atom. The third kappa shape index (κ3) is 2.53. The second-order valence-electron chi connectivity index (χ2n) is 3.26. The predicted molar refractivity (Wildman–Crippen MR) is 53.5 cm³/mol. The Bertz CT molecular complexity index is 279. The van der Waals surface area contributed by atoms with E-state index < -0.39 is 0 Å². The Balaban J connectivity index is 2.01. The molecule has 1 fully saturated rings. The molecule has 0 aliphatic carbocycles. The van der Waals surface area contributed by atoms with E-state index in [0.717, 1.165) is 16.6 Å². The van der Waals surface area contributed by atoms with Crippen LogP contribution in [0.2, 0.25) is 0 Å². The predicted octanol–water partition coefficient (Wildman–Crippen LogP) is 2.27. The van der Waals surface area contributed by atoms with E-state index in [2.05, 4.69) is 15.9 Å². The topological polar surface area (TPSA) is 32.8 Å². The molecule has 1 aliphatic rings. The van der Waals surface area contributed by atoms with E-state index in [4.69, 9.17) is 4.74 Å². The van der Waals surface area contributed by atoms with E-state index in [1.807, 2.05) is 24.3 Å². The van der Waals surface area contributed by atoms with Crippen LogP contribution in [-0.2, 0) is 4.74 Å². The number of rotatable bonds is 3. The van der Waals surface area contributed by atoms with Gasteiger partial charge in [-0.15, -0.1) is 0 Å². The molecule has 0 amide bonds. The summed E-state index contributed by atoms with van der Waals surface area (Å²) in [5.41, 5.74) is 0.957. The van der Waals surface area contributed by atoms with Crippen LogP contribution in [-0.4, -0.2) is 17.8 Å². The molecule has 1 saturated heterocycles. The van der Waals surface area contributed by atoms with Crippen molar-refractivity contribution in [2.75, 3.05) is 6.61 Å². The summed E-state index contributed by atoms with van der Waals surface area (Å²) >= 11 is 3.35. The number of hydrogen-bond donors (Lipinski definition) is 1. The third-order valence-electron chi connectivity index (χ3n) is 2.14. The maximum Gasteiger partial charge on any atom is 0.0837 e. The summed E-state index contributed by atoms with van der Waals surface area (Å²) in [6.45, 7) is 0.799. The third-order valence-corrected chi connectivity index (χ3v) is 2.67. The lowest BCUT2D eigenvalue weighted by molar-refractivity contribution is 0.154. The van der Waals surface area contributed by atoms with Gasteiger partial charge in [-0.05, 0) is 17.7 Å². The summed E-state index contributed by atoms with van der Waals surface area (Å²) in [4.78, 5) is 0. The fraction of sp³-hybridized carbons (Fsp3) is 0.400. The smallest absolute Gasteiger partial charge is 0.0837 e. The maximum atomic E-state index is 9.73. The number of halogens is 1. The fourth-order valence-electron chi connectivity index (χ4n) is 1.27. The molecule has 13 heavy (non-hydrogen) atoms. The van der Waals surface area contributed by atoms with E-state index in [1.54, 1.807) is 0 Å². The van der Waals surface area contributed by atoms with Crippen LogP contribution in [0.25, 0.3) is 0 Å². The van der Waals surface area contributed by atoms with Gasteiger partial charge in [0.15, 0.2) is 0 Å². The lowest BCUT2D eigenvalue weighted by Gasteiger charge is -2.08. The molecule has 0 bridgehead atoms. The Kier molecular flexibility index (Phi) is 2.67. The van der Waals surface area contributed by atoms with Gasteiger partial charge in [-0.25, -0.2) is 0 Å². The molecule has 1 aliphatic heterocycles. The van der Waals surface area contributed by atoms with Crippen molar-refractivity contribution in [1.29, 1.82) is 0 Å². The van der Waals surface area contributed by atoms with E-state index in [-0.39, 0.29) is 12.2 Å². The van der Waals surface area contributed by atoms with E-state index >= 15 is 0 Å². The first-order valence-corrected chi connectivity index (χ1v) is 5.10. The molecule has 0 saturated carbocycles. The van der Waals surface area contributed by atoms with Crippen LogP contribution in [0.1, 0.15) is 18.1 Å². The van der Waals surface area contributed by atoms with Gasteiger partial charge in [0.25, 0.3) is 0 Å². The Morgan fingerprint density at radius 2 is 2.08 bits per heavy atom. The van der Waals surface area contributed by atoms with Crippen LogP contribution in [0.5, 0.6) is 0 Å². The number of benzene rings is 1. The number of ether oxygens (including phenoxy) is 1. The molecule has 70 valence electrons. The van der Waals surface area contributed by atoms with Gasteiger partial charge in [-0.3, -0.25) is 0 Å². The van der Waals surface area contributed by atoms with Crippen molar-refractivity contribution < 1.29 is 9.84 Å². The molecule has 1 N–H and O–H groups in total. The second-order valence-corrected chi connectivity index (χ2v) is 4.17. The quantitative estimate of drug-likeness (QED) is 0.826. The largest absolute Gasteiger partial charge is 0.388 e. The highest BCUT2D eigenvalue weighted by Crippen LogP contribution is 2.25. The zero-order valence-electron chi connectivity index (χ0n) is 7.11. The van der Waals surface area contributed by atoms with Gasteiger partial charge in [0, 0.05) is 10.9 Å². The first kappa shape index (κ1) is 9.19. The first-order valence-electron chi connectivity index (χ1n) is 4.31. The molecule has 2 atom stereocenters. The summed E-state index contributed by atoms with van der Waals surface area (Å²) in [7, 11) is 0. The number of epoxide rings is 1. The summed E-state index contributed by atoms with van der Waals surface area (Å²) in [6, 6.07) is 7.73. The van der Waals surface area contributed by atoms with Crippen LogP contribution in [0, 0.1) is 0 Å². The molecule has 1 aromatic carbocycles. The number of aliphatic hydroxyl groups excluding tert-OH is 1. The molecule has 0 aromatic heterocycles. The van der Waals surface area contributed by atoms with Crippen LogP contribution >= 0.6 is 15.9 Å². The minimum Gasteiger partial charge on any atom is -0.388 e. The van der Waals surface area contributed by atoms with Crippen LogP contribution in [0.15, 0.2) is 28.7 Å². The Labute approximate surface area is 85.7 Å². The van der Waals surface area contributed by atoms with Gasteiger partial charge in [-0.2, -0.15) is 0 Å². The summed E-state index contributed by atoms with van der Waals surface area (Å²) in [5.74, 6) is 0. The number of hydrogen-bond acceptors (Lipinski definition) is 2. The van der Waals surface area contributed by atoms with E-state index in [9.17, 15) is 5.11 Å². The SMILES string of the molecule is OC(CC1CO1)c1ccc(Br)cc1. The fourth-order valence-corrected chi connectivity index (χ4v) is 1.54. The van der Waals surface area contributed by atoms with Gasteiger partial charge in [0.1, 0.15) is 0 Å². The average Bonchev–Trinajstić information content (AvgIpc) is 2.89. The van der Waals surface area contributed by atoms with Crippen molar-refractivity contribution in [3.8, 4) is 0 Å². The van der Waals surface area contributed by atoms with E-state index in [1.165, 1.54) is 0 Å². The van der Waals surface area contributed by atoms with Crippen molar-refractivity contribution in [1.82, 2.24) is 0 Å². The van der Waals surface area contributed by atoms with Crippen molar-refractivity contribution >= 4 is 15.9 Å². The molecular weight excluding hydrogens is 232 g/mol. The maximum absolute atomic E-state index is 9.73. The minimum absolute atomic E-state index is 0.277. The lowest BCUT2D eigenvalue weighted by Crippen LogP contribution is -2.00. The summed E-state index contributed by atoms with van der Waals surface area (Å²) in [6.07, 6.45) is 0.598. The van der Waals surface area contributed by atoms with Crippen LogP contribution in [0.4, 0.5) is 0 Å². The van der Waals surface area contributed by atoms with Crippen LogP contribution < -0.4 is 0 Å². The normalized spacial score (nSPS) is 22.8. The van der Waals surface area contributed by atoms with Crippen LogP contribution in [0.3, 0.4) is 0 Å². The highest BCUT2D eigenvalue weighted by atomic mass is 79.9. The van der Waals surface area contributed by atoms with Crippen molar-refractivity contribution in [2.24, 2.45) is 0 Å². The molecule has 0 radical (unpaired) electrons. The van der Waals surface area contributed by atoms with Gasteiger partial charge in [0.2, 0.25) is 0 Å². The molecule has 2 rings (SSSR count). The summed E-state index contributed by atoms with van der Waals surface area (Å²) < 4.78 is 6.09. The van der Waals surface area contributed by atoms with Crippen molar-refractivity contribution in [2.45, 2.75) is 18.6 Å². The highest BCUT2D eigenvalue weighted by Gasteiger charge is 2.26.